The van der Waals surface area contributed by atoms with Gasteiger partial charge in [0.05, 0.1) is 11.6 Å². The van der Waals surface area contributed by atoms with Crippen LogP contribution in [0.3, 0.4) is 0 Å². The van der Waals surface area contributed by atoms with E-state index in [1.54, 1.807) is 12.1 Å². The Bertz CT molecular complexity index is 1150. The quantitative estimate of drug-likeness (QED) is 0.358. The number of benzene rings is 2. The zero-order chi connectivity index (χ0) is 20.7. The predicted octanol–water partition coefficient (Wildman–Crippen LogP) is 4.61. The summed E-state index contributed by atoms with van der Waals surface area (Å²) < 4.78 is 13.3. The first kappa shape index (κ1) is 19.5. The number of ketones is 1. The Labute approximate surface area is 177 Å². The van der Waals surface area contributed by atoms with E-state index in [2.05, 4.69) is 10.2 Å². The van der Waals surface area contributed by atoms with Crippen LogP contribution in [0.5, 0.6) is 0 Å². The van der Waals surface area contributed by atoms with E-state index in [9.17, 15) is 19.1 Å². The first-order chi connectivity index (χ1) is 13.9. The summed E-state index contributed by atoms with van der Waals surface area (Å²) in [5.74, 6) is -2.76. The molecular weight excluding hydrogens is 440 g/mol. The van der Waals surface area contributed by atoms with Crippen molar-refractivity contribution in [3.8, 4) is 0 Å². The van der Waals surface area contributed by atoms with Crippen molar-refractivity contribution in [3.05, 3.63) is 80.5 Å². The number of aliphatic hydroxyl groups is 1. The fourth-order valence-corrected chi connectivity index (χ4v) is 4.18. The molecular formula is C19H10Cl2FN3O3S. The first-order valence-corrected chi connectivity index (χ1v) is 9.80. The number of hydrogen-bond acceptors (Lipinski definition) is 6. The third kappa shape index (κ3) is 3.39. The Hall–Kier alpha value is -2.81. The van der Waals surface area contributed by atoms with Gasteiger partial charge in [0.15, 0.2) is 0 Å². The molecule has 0 saturated carbocycles. The smallest absolute Gasteiger partial charge is 0.301 e. The standard InChI is InChI=1S/C19H10Cl2FN3O3S/c20-10-3-6-12(13(21)7-10)15-14(16(26)9-1-4-11(22)5-2-9)17(27)18(28)25(15)19-24-23-8-29-19/h1-8,15,26H/t15-/m0/s1. The first-order valence-electron chi connectivity index (χ1n) is 8.16. The van der Waals surface area contributed by atoms with E-state index >= 15 is 0 Å². The van der Waals surface area contributed by atoms with Crippen LogP contribution in [0.15, 0.2) is 53.5 Å². The summed E-state index contributed by atoms with van der Waals surface area (Å²) in [4.78, 5) is 26.8. The minimum Gasteiger partial charge on any atom is -0.507 e. The summed E-state index contributed by atoms with van der Waals surface area (Å²) in [7, 11) is 0. The fourth-order valence-electron chi connectivity index (χ4n) is 3.08. The number of hydrogen-bond donors (Lipinski definition) is 1. The van der Waals surface area contributed by atoms with Gasteiger partial charge >= 0.3 is 5.91 Å². The molecule has 1 saturated heterocycles. The Kier molecular flexibility index (Phi) is 5.08. The Morgan fingerprint density at radius 2 is 1.86 bits per heavy atom. The third-order valence-corrected chi connectivity index (χ3v) is 5.63. The number of rotatable bonds is 3. The minimum absolute atomic E-state index is 0.168. The second-order valence-electron chi connectivity index (χ2n) is 6.06. The molecule has 29 heavy (non-hydrogen) atoms. The van der Waals surface area contributed by atoms with E-state index in [1.807, 2.05) is 0 Å². The molecule has 1 fully saturated rings. The zero-order valence-corrected chi connectivity index (χ0v) is 16.7. The van der Waals surface area contributed by atoms with Gasteiger partial charge in [-0.05, 0) is 42.0 Å². The number of aliphatic hydroxyl groups excluding tert-OH is 1. The molecule has 1 aliphatic rings. The van der Waals surface area contributed by atoms with Gasteiger partial charge in [-0.3, -0.25) is 14.5 Å². The van der Waals surface area contributed by atoms with Crippen LogP contribution in [-0.2, 0) is 9.59 Å². The van der Waals surface area contributed by atoms with Crippen LogP contribution in [0.25, 0.3) is 5.76 Å². The fraction of sp³-hybridized carbons (Fsp3) is 0.0526. The van der Waals surface area contributed by atoms with Crippen LogP contribution >= 0.6 is 34.5 Å². The number of aromatic nitrogens is 2. The van der Waals surface area contributed by atoms with Crippen LogP contribution < -0.4 is 4.90 Å². The number of carbonyl (C=O) groups is 2. The van der Waals surface area contributed by atoms with Gasteiger partial charge in [-0.25, -0.2) is 4.39 Å². The van der Waals surface area contributed by atoms with E-state index < -0.39 is 29.3 Å². The maximum Gasteiger partial charge on any atom is 0.301 e. The lowest BCUT2D eigenvalue weighted by Crippen LogP contribution is -2.29. The van der Waals surface area contributed by atoms with Gasteiger partial charge in [0.1, 0.15) is 17.1 Å². The highest BCUT2D eigenvalue weighted by molar-refractivity contribution is 7.13. The summed E-state index contributed by atoms with van der Waals surface area (Å²) in [6.45, 7) is 0. The normalized spacial score (nSPS) is 18.4. The molecule has 6 nitrogen and oxygen atoms in total. The number of Topliss-reactive ketones (excluding diaryl/α,β-unsaturated/α-hetero) is 1. The molecule has 0 aliphatic carbocycles. The van der Waals surface area contributed by atoms with Gasteiger partial charge in [0, 0.05) is 15.6 Å². The molecule has 0 bridgehead atoms. The largest absolute Gasteiger partial charge is 0.507 e. The maximum atomic E-state index is 13.3. The summed E-state index contributed by atoms with van der Waals surface area (Å²) >= 11 is 13.4. The zero-order valence-electron chi connectivity index (χ0n) is 14.3. The number of carbonyl (C=O) groups excluding carboxylic acids is 2. The van der Waals surface area contributed by atoms with E-state index in [4.69, 9.17) is 23.2 Å². The highest BCUT2D eigenvalue weighted by Crippen LogP contribution is 2.44. The molecule has 10 heteroatoms. The highest BCUT2D eigenvalue weighted by Gasteiger charge is 2.48. The molecule has 0 radical (unpaired) electrons. The van der Waals surface area contributed by atoms with Crippen molar-refractivity contribution < 1.29 is 19.1 Å². The van der Waals surface area contributed by atoms with Crippen molar-refractivity contribution >= 4 is 57.1 Å². The number of halogens is 3. The van der Waals surface area contributed by atoms with Gasteiger partial charge in [-0.2, -0.15) is 0 Å². The Morgan fingerprint density at radius 1 is 1.14 bits per heavy atom. The van der Waals surface area contributed by atoms with Crippen LogP contribution in [0, 0.1) is 5.82 Å². The Morgan fingerprint density at radius 3 is 2.48 bits per heavy atom. The second-order valence-corrected chi connectivity index (χ2v) is 7.72. The summed E-state index contributed by atoms with van der Waals surface area (Å²) in [5.41, 5.74) is 1.77. The molecule has 1 amide bonds. The molecule has 2 aromatic carbocycles. The van der Waals surface area contributed by atoms with E-state index in [1.165, 1.54) is 23.7 Å². The lowest BCUT2D eigenvalue weighted by Gasteiger charge is -2.23. The van der Waals surface area contributed by atoms with Crippen LogP contribution in [0.1, 0.15) is 17.2 Å². The van der Waals surface area contributed by atoms with E-state index in [0.29, 0.717) is 10.6 Å². The second kappa shape index (κ2) is 7.55. The lowest BCUT2D eigenvalue weighted by atomic mass is 9.95. The molecule has 1 N–H and O–H groups in total. The molecule has 1 aromatic heterocycles. The SMILES string of the molecule is O=C1C(=O)N(c2nncs2)[C@@H](c2ccc(Cl)cc2Cl)C1=C(O)c1ccc(F)cc1. The lowest BCUT2D eigenvalue weighted by molar-refractivity contribution is -0.132. The average Bonchev–Trinajstić information content (AvgIpc) is 3.29. The molecule has 146 valence electrons. The number of anilines is 1. The highest BCUT2D eigenvalue weighted by atomic mass is 35.5. The maximum absolute atomic E-state index is 13.3. The number of amides is 1. The Balaban J connectivity index is 1.97. The van der Waals surface area contributed by atoms with Crippen molar-refractivity contribution in [2.45, 2.75) is 6.04 Å². The van der Waals surface area contributed by atoms with Crippen molar-refractivity contribution in [1.29, 1.82) is 0 Å². The molecule has 4 rings (SSSR count). The third-order valence-electron chi connectivity index (χ3n) is 4.37. The van der Waals surface area contributed by atoms with Crippen molar-refractivity contribution in [1.82, 2.24) is 10.2 Å². The summed E-state index contributed by atoms with van der Waals surface area (Å²) in [5, 5.41) is 19.2. The summed E-state index contributed by atoms with van der Waals surface area (Å²) in [6.07, 6.45) is 0. The van der Waals surface area contributed by atoms with Crippen molar-refractivity contribution in [3.63, 3.8) is 0 Å². The molecule has 3 aromatic rings. The van der Waals surface area contributed by atoms with Crippen molar-refractivity contribution in [2.75, 3.05) is 4.90 Å². The van der Waals surface area contributed by atoms with Gasteiger partial charge in [0.25, 0.3) is 5.78 Å². The van der Waals surface area contributed by atoms with Gasteiger partial charge in [-0.1, -0.05) is 40.6 Å². The topological polar surface area (TPSA) is 83.4 Å². The molecule has 2 heterocycles. The molecule has 0 unspecified atom stereocenters. The van der Waals surface area contributed by atoms with Gasteiger partial charge in [-0.15, -0.1) is 10.2 Å². The predicted molar refractivity (Wildman–Crippen MR) is 108 cm³/mol. The van der Waals surface area contributed by atoms with E-state index in [0.717, 1.165) is 28.4 Å². The molecule has 0 spiro atoms. The van der Waals surface area contributed by atoms with Crippen LogP contribution in [0.4, 0.5) is 9.52 Å². The molecule has 1 atom stereocenters. The monoisotopic (exact) mass is 449 g/mol. The van der Waals surface area contributed by atoms with Crippen LogP contribution in [0.2, 0.25) is 10.0 Å². The summed E-state index contributed by atoms with van der Waals surface area (Å²) in [6, 6.07) is 8.43. The van der Waals surface area contributed by atoms with Crippen molar-refractivity contribution in [2.24, 2.45) is 0 Å². The average molecular weight is 450 g/mol. The van der Waals surface area contributed by atoms with Gasteiger partial charge < -0.3 is 5.11 Å². The van der Waals surface area contributed by atoms with E-state index in [-0.39, 0.29) is 21.3 Å². The van der Waals surface area contributed by atoms with Crippen LogP contribution in [-0.4, -0.2) is 27.0 Å². The molecule has 1 aliphatic heterocycles. The minimum atomic E-state index is -1.06. The van der Waals surface area contributed by atoms with Gasteiger partial charge in [0.2, 0.25) is 5.13 Å². The number of nitrogens with zero attached hydrogens (tertiary/aromatic N) is 3.